The van der Waals surface area contributed by atoms with Crippen LogP contribution in [0.3, 0.4) is 0 Å². The number of hydrogen-bond donors (Lipinski definition) is 1. The normalized spacial score (nSPS) is 20.7. The van der Waals surface area contributed by atoms with Gasteiger partial charge in [0, 0.05) is 45.1 Å². The summed E-state index contributed by atoms with van der Waals surface area (Å²) in [7, 11) is 0. The second-order valence-corrected chi connectivity index (χ2v) is 5.88. The molecule has 1 N–H and O–H groups in total. The summed E-state index contributed by atoms with van der Waals surface area (Å²) in [4.78, 5) is 4.68. The minimum absolute atomic E-state index is 0.303. The van der Waals surface area contributed by atoms with Gasteiger partial charge in [-0.3, -0.25) is 9.80 Å². The highest BCUT2D eigenvalue weighted by Crippen LogP contribution is 2.32. The molecule has 6 heteroatoms. The van der Waals surface area contributed by atoms with Crippen LogP contribution >= 0.6 is 11.6 Å². The molecule has 0 aliphatic carbocycles. The highest BCUT2D eigenvalue weighted by Gasteiger charge is 2.20. The van der Waals surface area contributed by atoms with Crippen molar-refractivity contribution in [3.05, 3.63) is 23.8 Å². The SMILES string of the molecule is OC(CCl)CN1CCN(Cc2ccc3c(c2)OCO3)CC1. The Morgan fingerprint density at radius 1 is 1.10 bits per heavy atom. The van der Waals surface area contributed by atoms with Gasteiger partial charge in [-0.1, -0.05) is 6.07 Å². The molecule has 1 saturated heterocycles. The Hall–Kier alpha value is -1.01. The van der Waals surface area contributed by atoms with Crippen LogP contribution in [-0.2, 0) is 6.54 Å². The van der Waals surface area contributed by atoms with Crippen molar-refractivity contribution in [2.24, 2.45) is 0 Å². The molecule has 0 saturated carbocycles. The van der Waals surface area contributed by atoms with Gasteiger partial charge in [-0.05, 0) is 17.7 Å². The highest BCUT2D eigenvalue weighted by molar-refractivity contribution is 6.18. The zero-order chi connectivity index (χ0) is 14.7. The summed E-state index contributed by atoms with van der Waals surface area (Å²) in [5.41, 5.74) is 1.24. The summed E-state index contributed by atoms with van der Waals surface area (Å²) in [6, 6.07) is 6.13. The van der Waals surface area contributed by atoms with E-state index in [2.05, 4.69) is 21.9 Å². The van der Waals surface area contributed by atoms with Crippen LogP contribution in [0.25, 0.3) is 0 Å². The van der Waals surface area contributed by atoms with Crippen LogP contribution < -0.4 is 9.47 Å². The Bertz CT molecular complexity index is 478. The van der Waals surface area contributed by atoms with Crippen LogP contribution in [0.2, 0.25) is 0 Å². The second-order valence-electron chi connectivity index (χ2n) is 5.57. The van der Waals surface area contributed by atoms with Gasteiger partial charge in [0.25, 0.3) is 0 Å². The summed E-state index contributed by atoms with van der Waals surface area (Å²) < 4.78 is 10.7. The van der Waals surface area contributed by atoms with Gasteiger partial charge in [-0.25, -0.2) is 0 Å². The van der Waals surface area contributed by atoms with E-state index in [-0.39, 0.29) is 0 Å². The molecule has 1 fully saturated rings. The first-order chi connectivity index (χ1) is 10.2. The lowest BCUT2D eigenvalue weighted by Crippen LogP contribution is -2.48. The molecule has 1 aromatic rings. The predicted molar refractivity (Wildman–Crippen MR) is 81.0 cm³/mol. The Kier molecular flexibility index (Phi) is 4.85. The number of alkyl halides is 1. The molecule has 0 amide bonds. The second kappa shape index (κ2) is 6.83. The van der Waals surface area contributed by atoms with Gasteiger partial charge < -0.3 is 14.6 Å². The molecule has 0 radical (unpaired) electrons. The Morgan fingerprint density at radius 2 is 1.81 bits per heavy atom. The number of rotatable bonds is 5. The number of aliphatic hydroxyl groups excluding tert-OH is 1. The lowest BCUT2D eigenvalue weighted by molar-refractivity contribution is 0.0793. The van der Waals surface area contributed by atoms with Gasteiger partial charge in [-0.2, -0.15) is 0 Å². The molecule has 2 aliphatic heterocycles. The number of hydrogen-bond acceptors (Lipinski definition) is 5. The van der Waals surface area contributed by atoms with E-state index in [1.54, 1.807) is 0 Å². The number of ether oxygens (including phenoxy) is 2. The Labute approximate surface area is 130 Å². The van der Waals surface area contributed by atoms with Crippen molar-refractivity contribution in [2.45, 2.75) is 12.6 Å². The van der Waals surface area contributed by atoms with Gasteiger partial charge in [0.15, 0.2) is 11.5 Å². The summed E-state index contributed by atoms with van der Waals surface area (Å²) in [5, 5.41) is 9.59. The monoisotopic (exact) mass is 312 g/mol. The van der Waals surface area contributed by atoms with Crippen molar-refractivity contribution in [2.75, 3.05) is 45.4 Å². The average Bonchev–Trinajstić information content (AvgIpc) is 2.96. The molecule has 5 nitrogen and oxygen atoms in total. The standard InChI is InChI=1S/C15H21ClN2O3/c16-8-13(19)10-18-5-3-17(4-6-18)9-12-1-2-14-15(7-12)21-11-20-14/h1-2,7,13,19H,3-6,8-11H2. The number of β-amino-alcohol motifs (C(OH)–C–C–N with tert-alkyl or cyclic N) is 1. The zero-order valence-electron chi connectivity index (χ0n) is 12.0. The van der Waals surface area contributed by atoms with E-state index in [0.717, 1.165) is 44.2 Å². The molecule has 3 rings (SSSR count). The van der Waals surface area contributed by atoms with Crippen LogP contribution in [0.4, 0.5) is 0 Å². The number of benzene rings is 1. The van der Waals surface area contributed by atoms with Gasteiger partial charge >= 0.3 is 0 Å². The molecule has 2 heterocycles. The smallest absolute Gasteiger partial charge is 0.231 e. The lowest BCUT2D eigenvalue weighted by Gasteiger charge is -2.35. The van der Waals surface area contributed by atoms with Crippen molar-refractivity contribution < 1.29 is 14.6 Å². The maximum Gasteiger partial charge on any atom is 0.231 e. The Morgan fingerprint density at radius 3 is 2.57 bits per heavy atom. The van der Waals surface area contributed by atoms with E-state index in [1.807, 2.05) is 6.07 Å². The maximum atomic E-state index is 9.59. The number of aliphatic hydroxyl groups is 1. The minimum Gasteiger partial charge on any atom is -0.454 e. The lowest BCUT2D eigenvalue weighted by atomic mass is 10.1. The van der Waals surface area contributed by atoms with E-state index in [0.29, 0.717) is 19.2 Å². The number of halogens is 1. The third-order valence-electron chi connectivity index (χ3n) is 3.96. The zero-order valence-corrected chi connectivity index (χ0v) is 12.8. The number of piperazine rings is 1. The van der Waals surface area contributed by atoms with Gasteiger partial charge in [0.2, 0.25) is 6.79 Å². The van der Waals surface area contributed by atoms with E-state index in [9.17, 15) is 5.11 Å². The van der Waals surface area contributed by atoms with Crippen molar-refractivity contribution in [3.8, 4) is 11.5 Å². The fraction of sp³-hybridized carbons (Fsp3) is 0.600. The highest BCUT2D eigenvalue weighted by atomic mass is 35.5. The van der Waals surface area contributed by atoms with E-state index >= 15 is 0 Å². The average molecular weight is 313 g/mol. The molecule has 0 spiro atoms. The minimum atomic E-state index is -0.424. The van der Waals surface area contributed by atoms with Crippen LogP contribution in [0.1, 0.15) is 5.56 Å². The number of fused-ring (bicyclic) bond motifs is 1. The van der Waals surface area contributed by atoms with Crippen molar-refractivity contribution >= 4 is 11.6 Å². The van der Waals surface area contributed by atoms with Gasteiger partial charge in [-0.15, -0.1) is 11.6 Å². The summed E-state index contributed by atoms with van der Waals surface area (Å²) in [5.74, 6) is 1.98. The van der Waals surface area contributed by atoms with Crippen LogP contribution in [0.15, 0.2) is 18.2 Å². The first-order valence-corrected chi connectivity index (χ1v) is 7.85. The molecule has 0 aromatic heterocycles. The van der Waals surface area contributed by atoms with E-state index < -0.39 is 6.10 Å². The van der Waals surface area contributed by atoms with Crippen LogP contribution in [0.5, 0.6) is 11.5 Å². The first kappa shape index (κ1) is 14.9. The van der Waals surface area contributed by atoms with Crippen LogP contribution in [0, 0.1) is 0 Å². The molecule has 116 valence electrons. The molecule has 1 atom stereocenters. The fourth-order valence-electron chi connectivity index (χ4n) is 2.77. The molecule has 21 heavy (non-hydrogen) atoms. The third-order valence-corrected chi connectivity index (χ3v) is 4.31. The van der Waals surface area contributed by atoms with E-state index in [4.69, 9.17) is 21.1 Å². The largest absolute Gasteiger partial charge is 0.454 e. The van der Waals surface area contributed by atoms with Crippen molar-refractivity contribution in [3.63, 3.8) is 0 Å². The third kappa shape index (κ3) is 3.80. The molecule has 1 aromatic carbocycles. The van der Waals surface area contributed by atoms with Crippen molar-refractivity contribution in [1.29, 1.82) is 0 Å². The predicted octanol–water partition coefficient (Wildman–Crippen LogP) is 1.13. The fourth-order valence-corrected chi connectivity index (χ4v) is 2.87. The van der Waals surface area contributed by atoms with Gasteiger partial charge in [0.1, 0.15) is 0 Å². The maximum absolute atomic E-state index is 9.59. The first-order valence-electron chi connectivity index (χ1n) is 7.32. The molecule has 0 bridgehead atoms. The summed E-state index contributed by atoms with van der Waals surface area (Å²) in [6.07, 6.45) is -0.424. The Balaban J connectivity index is 1.49. The van der Waals surface area contributed by atoms with Crippen LogP contribution in [-0.4, -0.2) is 66.4 Å². The number of nitrogens with zero attached hydrogens (tertiary/aromatic N) is 2. The molecular formula is C15H21ClN2O3. The molecule has 2 aliphatic rings. The van der Waals surface area contributed by atoms with E-state index in [1.165, 1.54) is 5.56 Å². The van der Waals surface area contributed by atoms with Crippen molar-refractivity contribution in [1.82, 2.24) is 9.80 Å². The summed E-state index contributed by atoms with van der Waals surface area (Å²) >= 11 is 5.64. The quantitative estimate of drug-likeness (QED) is 0.826. The molecular weight excluding hydrogens is 292 g/mol. The molecule has 1 unspecified atom stereocenters. The summed E-state index contributed by atoms with van der Waals surface area (Å²) in [6.45, 7) is 5.86. The van der Waals surface area contributed by atoms with Gasteiger partial charge in [0.05, 0.1) is 6.10 Å². The topological polar surface area (TPSA) is 45.2 Å².